The molecular weight excluding hydrogens is 448 g/mol. The summed E-state index contributed by atoms with van der Waals surface area (Å²) in [5.74, 6) is 0.540. The largest absolute Gasteiger partial charge is 0.497 e. The summed E-state index contributed by atoms with van der Waals surface area (Å²) in [6, 6.07) is 6.56. The van der Waals surface area contributed by atoms with Gasteiger partial charge in [-0.05, 0) is 68.3 Å². The van der Waals surface area contributed by atoms with Crippen LogP contribution in [0.2, 0.25) is 0 Å². The molecule has 2 fully saturated rings. The Morgan fingerprint density at radius 1 is 1.28 bits per heavy atom. The van der Waals surface area contributed by atoms with Crippen LogP contribution in [0.3, 0.4) is 0 Å². The number of ether oxygens (including phenoxy) is 1. The smallest absolute Gasteiger partial charge is 0.220 e. The number of ketones is 1. The summed E-state index contributed by atoms with van der Waals surface area (Å²) < 4.78 is 5.45. The molecule has 6 nitrogen and oxygen atoms in total. The van der Waals surface area contributed by atoms with E-state index < -0.39 is 11.6 Å². The fourth-order valence-electron chi connectivity index (χ4n) is 4.10. The second-order valence-corrected chi connectivity index (χ2v) is 9.57. The second kappa shape index (κ2) is 11.4. The van der Waals surface area contributed by atoms with Gasteiger partial charge in [0.2, 0.25) is 5.91 Å². The van der Waals surface area contributed by atoms with E-state index in [1.165, 1.54) is 0 Å². The van der Waals surface area contributed by atoms with Gasteiger partial charge in [0.25, 0.3) is 0 Å². The third kappa shape index (κ3) is 6.85. The number of halogens is 1. The van der Waals surface area contributed by atoms with Gasteiger partial charge in [0.1, 0.15) is 11.4 Å². The summed E-state index contributed by atoms with van der Waals surface area (Å²) in [4.78, 5) is 27.3. The third-order valence-electron chi connectivity index (χ3n) is 6.08. The summed E-state index contributed by atoms with van der Waals surface area (Å²) in [6.45, 7) is 2.54. The fourth-order valence-corrected chi connectivity index (χ4v) is 4.24. The van der Waals surface area contributed by atoms with Gasteiger partial charge < -0.3 is 20.1 Å². The van der Waals surface area contributed by atoms with Crippen LogP contribution in [-0.2, 0) is 4.79 Å². The van der Waals surface area contributed by atoms with Crippen molar-refractivity contribution in [2.45, 2.75) is 50.2 Å². The van der Waals surface area contributed by atoms with E-state index in [-0.39, 0.29) is 24.5 Å². The Morgan fingerprint density at radius 2 is 1.97 bits per heavy atom. The number of nitrogens with zero attached hydrogens (tertiary/aromatic N) is 1. The zero-order valence-electron chi connectivity index (χ0n) is 18.3. The van der Waals surface area contributed by atoms with Crippen LogP contribution in [-0.4, -0.2) is 60.1 Å². The van der Waals surface area contributed by atoms with E-state index >= 15 is 0 Å². The van der Waals surface area contributed by atoms with E-state index in [4.69, 9.17) is 16.3 Å². The number of hydrogen-bond acceptors (Lipinski definition) is 6. The number of likely N-dealkylation sites (tertiary alicyclic amines) is 1. The van der Waals surface area contributed by atoms with Crippen molar-refractivity contribution in [3.8, 4) is 5.75 Å². The van der Waals surface area contributed by atoms with Crippen molar-refractivity contribution in [3.63, 3.8) is 0 Å². The summed E-state index contributed by atoms with van der Waals surface area (Å²) in [6.07, 6.45) is 7.14. The number of aliphatic hydroxyl groups is 1. The van der Waals surface area contributed by atoms with Gasteiger partial charge in [-0.3, -0.25) is 9.59 Å². The zero-order valence-corrected chi connectivity index (χ0v) is 20.0. The Labute approximate surface area is 200 Å². The van der Waals surface area contributed by atoms with E-state index in [2.05, 4.69) is 22.8 Å². The standard InChI is InChI=1S/C24H31ClN2O4S/c1-31-19-10-7-17(8-11-19)20(28)5-4-6-23(29)26-21(16-27-13-2-3-14-27)24(30)15-18(24)9-12-22(25)32/h7-12,21,30,32H,2-6,13-16H2,1H3,(H,26,29)/b18-9+,22-12-/t21-,24+/m1/s1. The van der Waals surface area contributed by atoms with Crippen molar-refractivity contribution in [2.75, 3.05) is 26.7 Å². The minimum absolute atomic E-state index is 0.00414. The molecule has 0 aromatic heterocycles. The number of amides is 1. The van der Waals surface area contributed by atoms with Crippen molar-refractivity contribution in [3.05, 3.63) is 51.9 Å². The first-order valence-corrected chi connectivity index (χ1v) is 11.8. The zero-order chi connectivity index (χ0) is 23.1. The Morgan fingerprint density at radius 3 is 2.59 bits per heavy atom. The number of thiol groups is 1. The molecule has 1 amide bonds. The van der Waals surface area contributed by atoms with Crippen molar-refractivity contribution in [2.24, 2.45) is 0 Å². The summed E-state index contributed by atoms with van der Waals surface area (Å²) in [5, 5.41) is 14.1. The van der Waals surface area contributed by atoms with Crippen LogP contribution in [0.15, 0.2) is 46.4 Å². The van der Waals surface area contributed by atoms with E-state index in [1.807, 2.05) is 0 Å². The fraction of sp³-hybridized carbons (Fsp3) is 0.500. The van der Waals surface area contributed by atoms with Crippen LogP contribution in [0.25, 0.3) is 0 Å². The third-order valence-corrected chi connectivity index (χ3v) is 6.36. The van der Waals surface area contributed by atoms with Gasteiger partial charge in [-0.15, -0.1) is 12.6 Å². The average Bonchev–Trinajstić information content (AvgIpc) is 3.17. The number of carbonyl (C=O) groups excluding carboxylic acids is 2. The number of methoxy groups -OCH3 is 1. The normalized spacial score (nSPS) is 23.2. The Balaban J connectivity index is 1.53. The number of nitrogens with one attached hydrogen (secondary N) is 1. The number of carbonyl (C=O) groups is 2. The maximum absolute atomic E-state index is 12.6. The van der Waals surface area contributed by atoms with E-state index in [0.717, 1.165) is 31.5 Å². The van der Waals surface area contributed by atoms with Gasteiger partial charge in [0.05, 0.1) is 17.5 Å². The maximum Gasteiger partial charge on any atom is 0.220 e. The summed E-state index contributed by atoms with van der Waals surface area (Å²) >= 11 is 9.81. The molecule has 0 bridgehead atoms. The monoisotopic (exact) mass is 478 g/mol. The number of benzene rings is 1. The molecule has 1 heterocycles. The molecule has 1 aromatic carbocycles. The van der Waals surface area contributed by atoms with Crippen LogP contribution in [0, 0.1) is 0 Å². The molecule has 2 N–H and O–H groups in total. The predicted molar refractivity (Wildman–Crippen MR) is 129 cm³/mol. The lowest BCUT2D eigenvalue weighted by Gasteiger charge is -2.28. The molecule has 1 aliphatic heterocycles. The van der Waals surface area contributed by atoms with E-state index in [9.17, 15) is 14.7 Å². The first-order valence-electron chi connectivity index (χ1n) is 11.0. The predicted octanol–water partition coefficient (Wildman–Crippen LogP) is 3.70. The number of hydrogen-bond donors (Lipinski definition) is 3. The molecule has 1 saturated heterocycles. The minimum atomic E-state index is -1.06. The van der Waals surface area contributed by atoms with Crippen LogP contribution in [0.5, 0.6) is 5.75 Å². The van der Waals surface area contributed by atoms with Crippen molar-refractivity contribution in [1.82, 2.24) is 10.2 Å². The highest BCUT2D eigenvalue weighted by atomic mass is 35.5. The lowest BCUT2D eigenvalue weighted by Crippen LogP contribution is -2.51. The van der Waals surface area contributed by atoms with E-state index in [0.29, 0.717) is 35.1 Å². The number of rotatable bonds is 11. The van der Waals surface area contributed by atoms with Crippen molar-refractivity contribution in [1.29, 1.82) is 0 Å². The number of allylic oxidation sites excluding steroid dienone is 2. The van der Waals surface area contributed by atoms with Gasteiger partial charge in [-0.25, -0.2) is 0 Å². The molecule has 0 spiro atoms. The van der Waals surface area contributed by atoms with E-state index in [1.54, 1.807) is 43.5 Å². The molecule has 0 radical (unpaired) electrons. The molecule has 1 aliphatic carbocycles. The van der Waals surface area contributed by atoms with Crippen molar-refractivity contribution < 1.29 is 19.4 Å². The highest BCUT2D eigenvalue weighted by Crippen LogP contribution is 2.46. The molecule has 1 aromatic rings. The molecule has 174 valence electrons. The van der Waals surface area contributed by atoms with Gasteiger partial charge in [-0.2, -0.15) is 0 Å². The lowest BCUT2D eigenvalue weighted by atomic mass is 10.0. The van der Waals surface area contributed by atoms with Crippen LogP contribution >= 0.6 is 24.2 Å². The van der Waals surface area contributed by atoms with Gasteiger partial charge >= 0.3 is 0 Å². The Kier molecular flexibility index (Phi) is 8.82. The van der Waals surface area contributed by atoms with Crippen molar-refractivity contribution >= 4 is 35.9 Å². The minimum Gasteiger partial charge on any atom is -0.497 e. The number of Topliss-reactive ketones (excluding diaryl/α,β-unsaturated/α-hetero) is 1. The lowest BCUT2D eigenvalue weighted by molar-refractivity contribution is -0.123. The topological polar surface area (TPSA) is 78.9 Å². The van der Waals surface area contributed by atoms with Gasteiger partial charge in [-0.1, -0.05) is 17.7 Å². The SMILES string of the molecule is COc1ccc(C(=O)CCCC(=O)N[C@H](CN2CCCC2)[C@]2(O)C/C2=C\C=C(/S)Cl)cc1. The molecule has 32 heavy (non-hydrogen) atoms. The highest BCUT2D eigenvalue weighted by Gasteiger charge is 2.54. The molecule has 0 unspecified atom stereocenters. The second-order valence-electron chi connectivity index (χ2n) is 8.42. The molecule has 1 saturated carbocycles. The van der Waals surface area contributed by atoms with Crippen LogP contribution < -0.4 is 10.1 Å². The molecule has 2 aliphatic rings. The highest BCUT2D eigenvalue weighted by molar-refractivity contribution is 7.86. The quantitative estimate of drug-likeness (QED) is 0.334. The van der Waals surface area contributed by atoms with Gasteiger partial charge in [0, 0.05) is 31.4 Å². The molecular formula is C24H31ClN2O4S. The van der Waals surface area contributed by atoms with Crippen LogP contribution in [0.1, 0.15) is 48.9 Å². The molecule has 3 rings (SSSR count). The first kappa shape index (κ1) is 24.8. The van der Waals surface area contributed by atoms with Gasteiger partial charge in [0.15, 0.2) is 5.78 Å². The Hall–Kier alpha value is -1.80. The maximum atomic E-state index is 12.6. The molecule has 2 atom stereocenters. The summed E-state index contributed by atoms with van der Waals surface area (Å²) in [5.41, 5.74) is 0.383. The van der Waals surface area contributed by atoms with Crippen LogP contribution in [0.4, 0.5) is 0 Å². The molecule has 8 heteroatoms. The Bertz CT molecular complexity index is 876. The first-order chi connectivity index (χ1) is 15.3. The average molecular weight is 479 g/mol. The summed E-state index contributed by atoms with van der Waals surface area (Å²) in [7, 11) is 1.58.